The van der Waals surface area contributed by atoms with E-state index in [0.29, 0.717) is 22.9 Å². The number of aromatic nitrogens is 3. The lowest BCUT2D eigenvalue weighted by Crippen LogP contribution is -2.13. The number of nitrogens with one attached hydrogen (secondary N) is 2. The molecule has 26 heavy (non-hydrogen) atoms. The summed E-state index contributed by atoms with van der Waals surface area (Å²) in [6.45, 7) is 1.78. The number of hydrogen-bond donors (Lipinski definition) is 2. The number of esters is 1. The van der Waals surface area contributed by atoms with Crippen LogP contribution in [-0.2, 0) is 14.8 Å². The number of rotatable bonds is 5. The Labute approximate surface area is 150 Å². The molecular formula is C17H16N4O4S. The van der Waals surface area contributed by atoms with E-state index in [-0.39, 0.29) is 10.5 Å². The van der Waals surface area contributed by atoms with E-state index < -0.39 is 16.0 Å². The zero-order valence-electron chi connectivity index (χ0n) is 14.1. The number of aromatic amines is 1. The van der Waals surface area contributed by atoms with Gasteiger partial charge in [-0.2, -0.15) is 5.10 Å². The van der Waals surface area contributed by atoms with Crippen molar-refractivity contribution in [1.82, 2.24) is 15.2 Å². The molecule has 0 spiro atoms. The number of carbonyl (C=O) groups excluding carboxylic acids is 1. The number of hydrogen-bond acceptors (Lipinski definition) is 6. The van der Waals surface area contributed by atoms with E-state index >= 15 is 0 Å². The number of benzene rings is 2. The monoisotopic (exact) mass is 372 g/mol. The summed E-state index contributed by atoms with van der Waals surface area (Å²) in [5, 5.41) is 6.80. The van der Waals surface area contributed by atoms with Crippen molar-refractivity contribution in [3.8, 4) is 11.4 Å². The quantitative estimate of drug-likeness (QED) is 0.665. The highest BCUT2D eigenvalue weighted by Crippen LogP contribution is 2.22. The molecule has 2 aromatic carbocycles. The summed E-state index contributed by atoms with van der Waals surface area (Å²) in [6, 6.07) is 12.2. The molecule has 0 unspecified atom stereocenters. The molecule has 0 saturated carbocycles. The molecule has 0 saturated heterocycles. The minimum absolute atomic E-state index is 0.0318. The topological polar surface area (TPSA) is 114 Å². The first-order valence-electron chi connectivity index (χ1n) is 7.60. The van der Waals surface area contributed by atoms with Gasteiger partial charge in [0.25, 0.3) is 10.0 Å². The first kappa shape index (κ1) is 17.6. The fourth-order valence-corrected chi connectivity index (χ4v) is 3.35. The lowest BCUT2D eigenvalue weighted by atomic mass is 10.2. The van der Waals surface area contributed by atoms with Gasteiger partial charge in [-0.3, -0.25) is 9.82 Å². The largest absolute Gasteiger partial charge is 0.465 e. The molecule has 0 aliphatic rings. The maximum atomic E-state index is 12.5. The van der Waals surface area contributed by atoms with Crippen LogP contribution in [0.15, 0.2) is 53.4 Å². The third-order valence-corrected chi connectivity index (χ3v) is 4.95. The number of anilines is 1. The number of methoxy groups -OCH3 is 1. The fraction of sp³-hybridized carbons (Fsp3) is 0.118. The Hall–Kier alpha value is -3.20. The molecule has 0 bridgehead atoms. The first-order valence-corrected chi connectivity index (χ1v) is 9.08. The van der Waals surface area contributed by atoms with Crippen LogP contribution in [0, 0.1) is 6.92 Å². The van der Waals surface area contributed by atoms with E-state index in [1.54, 1.807) is 31.2 Å². The number of ether oxygens (including phenoxy) is 1. The third kappa shape index (κ3) is 3.72. The van der Waals surface area contributed by atoms with Crippen molar-refractivity contribution in [3.63, 3.8) is 0 Å². The minimum Gasteiger partial charge on any atom is -0.465 e. The third-order valence-electron chi connectivity index (χ3n) is 3.56. The SMILES string of the molecule is COC(=O)c1ccc(S(=O)(=O)Nc2cccc(-c3n[nH]c(C)n3)c2)cc1. The molecule has 2 N–H and O–H groups in total. The second-order valence-electron chi connectivity index (χ2n) is 5.45. The number of H-pyrrole nitrogens is 1. The van der Waals surface area contributed by atoms with Crippen LogP contribution in [0.25, 0.3) is 11.4 Å². The molecule has 0 radical (unpaired) electrons. The van der Waals surface area contributed by atoms with E-state index in [9.17, 15) is 13.2 Å². The van der Waals surface area contributed by atoms with E-state index in [0.717, 1.165) is 0 Å². The van der Waals surface area contributed by atoms with Gasteiger partial charge in [-0.25, -0.2) is 18.2 Å². The molecule has 134 valence electrons. The Morgan fingerprint density at radius 1 is 1.15 bits per heavy atom. The van der Waals surface area contributed by atoms with E-state index in [1.165, 1.54) is 31.4 Å². The smallest absolute Gasteiger partial charge is 0.337 e. The number of nitrogens with zero attached hydrogens (tertiary/aromatic N) is 2. The van der Waals surface area contributed by atoms with Gasteiger partial charge >= 0.3 is 5.97 Å². The molecule has 0 atom stereocenters. The molecule has 0 aliphatic carbocycles. The molecule has 3 rings (SSSR count). The van der Waals surface area contributed by atoms with Gasteiger partial charge in [0.2, 0.25) is 0 Å². The average Bonchev–Trinajstić information content (AvgIpc) is 3.07. The summed E-state index contributed by atoms with van der Waals surface area (Å²) >= 11 is 0. The summed E-state index contributed by atoms with van der Waals surface area (Å²) in [6.07, 6.45) is 0. The summed E-state index contributed by atoms with van der Waals surface area (Å²) in [4.78, 5) is 15.7. The van der Waals surface area contributed by atoms with Crippen LogP contribution >= 0.6 is 0 Å². The zero-order valence-corrected chi connectivity index (χ0v) is 14.9. The lowest BCUT2D eigenvalue weighted by Gasteiger charge is -2.09. The molecule has 0 aliphatic heterocycles. The second kappa shape index (κ2) is 6.96. The van der Waals surface area contributed by atoms with Crippen molar-refractivity contribution >= 4 is 21.7 Å². The zero-order chi connectivity index (χ0) is 18.7. The Balaban J connectivity index is 1.84. The standard InChI is InChI=1S/C17H16N4O4S/c1-11-18-16(20-19-11)13-4-3-5-14(10-13)21-26(23,24)15-8-6-12(7-9-15)17(22)25-2/h3-10,21H,1-2H3,(H,18,19,20). The van der Waals surface area contributed by atoms with Crippen LogP contribution in [-0.4, -0.2) is 36.7 Å². The van der Waals surface area contributed by atoms with E-state index in [2.05, 4.69) is 24.6 Å². The maximum Gasteiger partial charge on any atom is 0.337 e. The fourth-order valence-electron chi connectivity index (χ4n) is 2.30. The summed E-state index contributed by atoms with van der Waals surface area (Å²) in [5.74, 6) is 0.610. The molecule has 9 heteroatoms. The van der Waals surface area contributed by atoms with Crippen LogP contribution in [0.3, 0.4) is 0 Å². The van der Waals surface area contributed by atoms with Gasteiger partial charge in [0.15, 0.2) is 5.82 Å². The Morgan fingerprint density at radius 3 is 2.50 bits per heavy atom. The van der Waals surface area contributed by atoms with Gasteiger partial charge in [0, 0.05) is 11.3 Å². The van der Waals surface area contributed by atoms with Crippen molar-refractivity contribution in [2.45, 2.75) is 11.8 Å². The number of carbonyl (C=O) groups is 1. The van der Waals surface area contributed by atoms with Gasteiger partial charge in [0.1, 0.15) is 5.82 Å². The Bertz CT molecular complexity index is 1040. The second-order valence-corrected chi connectivity index (χ2v) is 7.13. The molecule has 1 heterocycles. The molecule has 0 fully saturated rings. The summed E-state index contributed by atoms with van der Waals surface area (Å²) in [7, 11) is -2.55. The van der Waals surface area contributed by atoms with E-state index in [4.69, 9.17) is 0 Å². The maximum absolute atomic E-state index is 12.5. The predicted molar refractivity (Wildman–Crippen MR) is 95.1 cm³/mol. The van der Waals surface area contributed by atoms with Gasteiger partial charge in [0.05, 0.1) is 17.6 Å². The minimum atomic E-state index is -3.81. The van der Waals surface area contributed by atoms with Crippen LogP contribution < -0.4 is 4.72 Å². The van der Waals surface area contributed by atoms with Gasteiger partial charge < -0.3 is 4.74 Å². The average molecular weight is 372 g/mol. The van der Waals surface area contributed by atoms with Crippen LogP contribution in [0.4, 0.5) is 5.69 Å². The summed E-state index contributed by atoms with van der Waals surface area (Å²) < 4.78 is 32.2. The Kier molecular flexibility index (Phi) is 4.72. The highest BCUT2D eigenvalue weighted by atomic mass is 32.2. The highest BCUT2D eigenvalue weighted by Gasteiger charge is 2.16. The predicted octanol–water partition coefficient (Wildman–Crippen LogP) is 2.37. The van der Waals surface area contributed by atoms with Crippen molar-refractivity contribution in [1.29, 1.82) is 0 Å². The first-order chi connectivity index (χ1) is 12.4. The molecular weight excluding hydrogens is 356 g/mol. The Morgan fingerprint density at radius 2 is 1.88 bits per heavy atom. The molecule has 1 aromatic heterocycles. The molecule has 0 amide bonds. The van der Waals surface area contributed by atoms with Crippen molar-refractivity contribution < 1.29 is 17.9 Å². The number of sulfonamides is 1. The van der Waals surface area contributed by atoms with Crippen LogP contribution in [0.2, 0.25) is 0 Å². The molecule has 3 aromatic rings. The summed E-state index contributed by atoms with van der Waals surface area (Å²) in [5.41, 5.74) is 1.33. The van der Waals surface area contributed by atoms with Crippen molar-refractivity contribution in [3.05, 3.63) is 59.9 Å². The van der Waals surface area contributed by atoms with Gasteiger partial charge in [-0.15, -0.1) is 0 Å². The van der Waals surface area contributed by atoms with Crippen molar-refractivity contribution in [2.75, 3.05) is 11.8 Å². The van der Waals surface area contributed by atoms with Crippen LogP contribution in [0.5, 0.6) is 0 Å². The molecule has 8 nitrogen and oxygen atoms in total. The normalized spacial score (nSPS) is 11.2. The van der Waals surface area contributed by atoms with Gasteiger partial charge in [-0.1, -0.05) is 12.1 Å². The van der Waals surface area contributed by atoms with Gasteiger partial charge in [-0.05, 0) is 43.3 Å². The van der Waals surface area contributed by atoms with Crippen LogP contribution in [0.1, 0.15) is 16.2 Å². The van der Waals surface area contributed by atoms with Crippen molar-refractivity contribution in [2.24, 2.45) is 0 Å². The number of aryl methyl sites for hydroxylation is 1. The van der Waals surface area contributed by atoms with E-state index in [1.807, 2.05) is 0 Å². The lowest BCUT2D eigenvalue weighted by molar-refractivity contribution is 0.0600. The highest BCUT2D eigenvalue weighted by molar-refractivity contribution is 7.92.